The van der Waals surface area contributed by atoms with Crippen LogP contribution >= 0.6 is 11.6 Å². The molecule has 0 fully saturated rings. The molecule has 6 nitrogen and oxygen atoms in total. The average Bonchev–Trinajstić information content (AvgIpc) is 3.16. The molecule has 7 heteroatoms. The van der Waals surface area contributed by atoms with Gasteiger partial charge in [-0.25, -0.2) is 0 Å². The first-order chi connectivity index (χ1) is 13.2. The van der Waals surface area contributed by atoms with E-state index in [2.05, 4.69) is 15.5 Å². The van der Waals surface area contributed by atoms with Crippen molar-refractivity contribution in [1.29, 1.82) is 0 Å². The number of benzene rings is 2. The van der Waals surface area contributed by atoms with Gasteiger partial charge in [0.25, 0.3) is 0 Å². The quantitative estimate of drug-likeness (QED) is 0.639. The van der Waals surface area contributed by atoms with Gasteiger partial charge in [-0.15, -0.1) is 10.2 Å². The molecule has 0 spiro atoms. The van der Waals surface area contributed by atoms with Gasteiger partial charge in [-0.1, -0.05) is 35.9 Å². The highest BCUT2D eigenvalue weighted by Gasteiger charge is 2.11. The van der Waals surface area contributed by atoms with Gasteiger partial charge in [-0.2, -0.15) is 0 Å². The van der Waals surface area contributed by atoms with Crippen LogP contribution in [0.5, 0.6) is 5.75 Å². The second-order valence-electron chi connectivity index (χ2n) is 5.93. The van der Waals surface area contributed by atoms with Crippen molar-refractivity contribution in [3.05, 3.63) is 65.0 Å². The molecule has 1 N–H and O–H groups in total. The number of aryl methyl sites for hydroxylation is 1. The Morgan fingerprint density at radius 1 is 1.11 bits per heavy atom. The van der Waals surface area contributed by atoms with Crippen molar-refractivity contribution in [3.8, 4) is 17.2 Å². The van der Waals surface area contributed by atoms with Gasteiger partial charge in [0.05, 0.1) is 17.7 Å². The second kappa shape index (κ2) is 9.19. The molecule has 0 saturated carbocycles. The summed E-state index contributed by atoms with van der Waals surface area (Å²) in [6, 6.07) is 15.0. The topological polar surface area (TPSA) is 77.2 Å². The zero-order valence-corrected chi connectivity index (χ0v) is 15.7. The van der Waals surface area contributed by atoms with Gasteiger partial charge < -0.3 is 14.5 Å². The van der Waals surface area contributed by atoms with Crippen molar-refractivity contribution in [1.82, 2.24) is 15.5 Å². The summed E-state index contributed by atoms with van der Waals surface area (Å²) in [5, 5.41) is 11.4. The van der Waals surface area contributed by atoms with E-state index < -0.39 is 0 Å². The average molecular weight is 386 g/mol. The van der Waals surface area contributed by atoms with Gasteiger partial charge in [0.1, 0.15) is 5.75 Å². The van der Waals surface area contributed by atoms with Crippen molar-refractivity contribution in [2.24, 2.45) is 0 Å². The molecule has 1 amide bonds. The van der Waals surface area contributed by atoms with Crippen LogP contribution in [0.1, 0.15) is 17.9 Å². The molecule has 0 radical (unpaired) electrons. The van der Waals surface area contributed by atoms with Crippen LogP contribution in [0.4, 0.5) is 0 Å². The van der Waals surface area contributed by atoms with Crippen LogP contribution in [-0.2, 0) is 17.6 Å². The van der Waals surface area contributed by atoms with E-state index in [1.54, 1.807) is 13.2 Å². The number of nitrogens with one attached hydrogen (secondary N) is 1. The second-order valence-corrected chi connectivity index (χ2v) is 6.34. The Labute approximate surface area is 162 Å². The van der Waals surface area contributed by atoms with E-state index in [1.165, 1.54) is 0 Å². The third kappa shape index (κ3) is 5.31. The summed E-state index contributed by atoms with van der Waals surface area (Å²) >= 11 is 6.12. The molecule has 0 bridgehead atoms. The number of rotatable bonds is 8. The number of halogens is 1. The zero-order valence-electron chi connectivity index (χ0n) is 14.9. The minimum Gasteiger partial charge on any atom is -0.497 e. The van der Waals surface area contributed by atoms with Crippen LogP contribution in [0.3, 0.4) is 0 Å². The maximum absolute atomic E-state index is 12.0. The summed E-state index contributed by atoms with van der Waals surface area (Å²) in [7, 11) is 1.63. The van der Waals surface area contributed by atoms with Crippen LogP contribution in [0.25, 0.3) is 11.5 Å². The van der Waals surface area contributed by atoms with Gasteiger partial charge in [-0.05, 0) is 36.2 Å². The molecule has 0 aliphatic carbocycles. The molecule has 1 aromatic heterocycles. The minimum absolute atomic E-state index is 0.0170. The van der Waals surface area contributed by atoms with E-state index in [1.807, 2.05) is 42.5 Å². The SMILES string of the molecule is COc1ccc(CCC(=O)NCCc2nnc(-c3ccccc3Cl)o2)cc1. The number of hydrogen-bond acceptors (Lipinski definition) is 5. The predicted molar refractivity (Wildman–Crippen MR) is 103 cm³/mol. The number of carbonyl (C=O) groups is 1. The summed E-state index contributed by atoms with van der Waals surface area (Å²) in [6.07, 6.45) is 1.56. The fourth-order valence-electron chi connectivity index (χ4n) is 2.55. The number of carbonyl (C=O) groups excluding carboxylic acids is 1. The smallest absolute Gasteiger partial charge is 0.249 e. The Hall–Kier alpha value is -2.86. The molecule has 2 aromatic carbocycles. The van der Waals surface area contributed by atoms with Gasteiger partial charge in [0.2, 0.25) is 17.7 Å². The van der Waals surface area contributed by atoms with Crippen LogP contribution in [0.15, 0.2) is 52.9 Å². The lowest BCUT2D eigenvalue weighted by molar-refractivity contribution is -0.121. The van der Waals surface area contributed by atoms with Gasteiger partial charge >= 0.3 is 0 Å². The Balaban J connectivity index is 1.43. The summed E-state index contributed by atoms with van der Waals surface area (Å²) in [6.45, 7) is 0.436. The maximum Gasteiger partial charge on any atom is 0.249 e. The summed E-state index contributed by atoms with van der Waals surface area (Å²) in [5.41, 5.74) is 1.79. The van der Waals surface area contributed by atoms with E-state index in [0.717, 1.165) is 11.3 Å². The van der Waals surface area contributed by atoms with Crippen LogP contribution < -0.4 is 10.1 Å². The van der Waals surface area contributed by atoms with Crippen LogP contribution in [0.2, 0.25) is 5.02 Å². The molecule has 3 rings (SSSR count). The molecule has 0 unspecified atom stereocenters. The molecule has 3 aromatic rings. The molecular formula is C20H20ClN3O3. The van der Waals surface area contributed by atoms with Crippen molar-refractivity contribution < 1.29 is 13.9 Å². The highest BCUT2D eigenvalue weighted by atomic mass is 35.5. The number of amides is 1. The number of nitrogens with zero attached hydrogens (tertiary/aromatic N) is 2. The molecule has 0 aliphatic heterocycles. The standard InChI is InChI=1S/C20H20ClN3O3/c1-26-15-9-6-14(7-10-15)8-11-18(25)22-13-12-19-23-24-20(27-19)16-4-2-3-5-17(16)21/h2-7,9-10H,8,11-13H2,1H3,(H,22,25). The fraction of sp³-hybridized carbons (Fsp3) is 0.250. The van der Waals surface area contributed by atoms with Crippen LogP contribution in [0, 0.1) is 0 Å². The number of methoxy groups -OCH3 is 1. The zero-order chi connectivity index (χ0) is 19.1. The van der Waals surface area contributed by atoms with Crippen molar-refractivity contribution in [3.63, 3.8) is 0 Å². The summed E-state index contributed by atoms with van der Waals surface area (Å²) < 4.78 is 10.7. The highest BCUT2D eigenvalue weighted by molar-refractivity contribution is 6.33. The van der Waals surface area contributed by atoms with Crippen molar-refractivity contribution >= 4 is 17.5 Å². The van der Waals surface area contributed by atoms with E-state index >= 15 is 0 Å². The minimum atomic E-state index is -0.0170. The first-order valence-electron chi connectivity index (χ1n) is 8.62. The van der Waals surface area contributed by atoms with Crippen LogP contribution in [-0.4, -0.2) is 29.8 Å². The van der Waals surface area contributed by atoms with E-state index in [9.17, 15) is 4.79 Å². The molecule has 27 heavy (non-hydrogen) atoms. The fourth-order valence-corrected chi connectivity index (χ4v) is 2.76. The Kier molecular flexibility index (Phi) is 6.44. The lowest BCUT2D eigenvalue weighted by atomic mass is 10.1. The third-order valence-corrected chi connectivity index (χ3v) is 4.36. The highest BCUT2D eigenvalue weighted by Crippen LogP contribution is 2.26. The maximum atomic E-state index is 12.0. The predicted octanol–water partition coefficient (Wildman–Crippen LogP) is 3.69. The number of aromatic nitrogens is 2. The number of hydrogen-bond donors (Lipinski definition) is 1. The van der Waals surface area contributed by atoms with Crippen molar-refractivity contribution in [2.75, 3.05) is 13.7 Å². The molecule has 0 saturated heterocycles. The lowest BCUT2D eigenvalue weighted by Gasteiger charge is -2.05. The summed E-state index contributed by atoms with van der Waals surface area (Å²) in [4.78, 5) is 12.0. The molecule has 1 heterocycles. The van der Waals surface area contributed by atoms with Gasteiger partial charge in [-0.3, -0.25) is 4.79 Å². The lowest BCUT2D eigenvalue weighted by Crippen LogP contribution is -2.25. The van der Waals surface area contributed by atoms with E-state index in [0.29, 0.717) is 48.2 Å². The molecule has 140 valence electrons. The molecular weight excluding hydrogens is 366 g/mol. The Morgan fingerprint density at radius 3 is 2.63 bits per heavy atom. The van der Waals surface area contributed by atoms with E-state index in [-0.39, 0.29) is 5.91 Å². The largest absolute Gasteiger partial charge is 0.497 e. The third-order valence-electron chi connectivity index (χ3n) is 4.03. The first-order valence-corrected chi connectivity index (χ1v) is 9.00. The Morgan fingerprint density at radius 2 is 1.89 bits per heavy atom. The molecule has 0 atom stereocenters. The van der Waals surface area contributed by atoms with Crippen molar-refractivity contribution in [2.45, 2.75) is 19.3 Å². The van der Waals surface area contributed by atoms with E-state index in [4.69, 9.17) is 20.8 Å². The van der Waals surface area contributed by atoms with Gasteiger partial charge in [0.15, 0.2) is 0 Å². The van der Waals surface area contributed by atoms with Gasteiger partial charge in [0, 0.05) is 19.4 Å². The summed E-state index contributed by atoms with van der Waals surface area (Å²) in [5.74, 6) is 1.62. The first kappa shape index (κ1) is 18.9. The Bertz CT molecular complexity index is 893. The number of ether oxygens (including phenoxy) is 1. The normalized spacial score (nSPS) is 10.6. The monoisotopic (exact) mass is 385 g/mol. The molecule has 0 aliphatic rings.